The lowest BCUT2D eigenvalue weighted by molar-refractivity contribution is -0.141. The molecule has 1 aromatic heterocycles. The molecule has 23 heavy (non-hydrogen) atoms. The fraction of sp³-hybridized carbons (Fsp3) is 0.333. The molecule has 124 valence electrons. The summed E-state index contributed by atoms with van der Waals surface area (Å²) in [7, 11) is 0. The van der Waals surface area contributed by atoms with Gasteiger partial charge in [0.1, 0.15) is 11.4 Å². The second-order valence-corrected chi connectivity index (χ2v) is 6.05. The van der Waals surface area contributed by atoms with E-state index < -0.39 is 11.9 Å². The predicted octanol–water partition coefficient (Wildman–Crippen LogP) is 3.76. The Hall–Kier alpha value is -1.58. The van der Waals surface area contributed by atoms with Gasteiger partial charge in [0.15, 0.2) is 6.61 Å². The summed E-state index contributed by atoms with van der Waals surface area (Å²) in [6.45, 7) is 2.04. The first-order chi connectivity index (χ1) is 10.8. The summed E-state index contributed by atoms with van der Waals surface area (Å²) in [6, 6.07) is 5.65. The summed E-state index contributed by atoms with van der Waals surface area (Å²) in [4.78, 5) is 15.2. The number of alkyl halides is 3. The van der Waals surface area contributed by atoms with E-state index in [-0.39, 0.29) is 23.8 Å². The molecule has 0 unspecified atom stereocenters. The van der Waals surface area contributed by atoms with Crippen LogP contribution in [0.4, 0.5) is 13.2 Å². The lowest BCUT2D eigenvalue weighted by Gasteiger charge is -2.13. The second-order valence-electron chi connectivity index (χ2n) is 4.80. The van der Waals surface area contributed by atoms with E-state index in [9.17, 15) is 18.0 Å². The van der Waals surface area contributed by atoms with E-state index in [1.807, 2.05) is 29.5 Å². The van der Waals surface area contributed by atoms with Crippen molar-refractivity contribution in [2.75, 3.05) is 13.2 Å². The number of rotatable bonds is 5. The molecule has 0 spiro atoms. The summed E-state index contributed by atoms with van der Waals surface area (Å²) in [5, 5.41) is 3.04. The molecule has 1 aromatic carbocycles. The van der Waals surface area contributed by atoms with Gasteiger partial charge in [0, 0.05) is 21.6 Å². The van der Waals surface area contributed by atoms with Crippen LogP contribution in [0.3, 0.4) is 0 Å². The number of halogens is 4. The highest BCUT2D eigenvalue weighted by atomic mass is 127. The van der Waals surface area contributed by atoms with Crippen LogP contribution in [0, 0.1) is 3.57 Å². The van der Waals surface area contributed by atoms with E-state index >= 15 is 0 Å². The third-order valence-corrected chi connectivity index (χ3v) is 3.63. The van der Waals surface area contributed by atoms with Gasteiger partial charge in [-0.1, -0.05) is 6.92 Å². The third-order valence-electron chi connectivity index (χ3n) is 2.95. The molecule has 0 saturated heterocycles. The first-order valence-corrected chi connectivity index (χ1v) is 7.96. The molecular formula is C15H14F3IN2O2. The van der Waals surface area contributed by atoms with Gasteiger partial charge in [-0.2, -0.15) is 13.2 Å². The Balaban J connectivity index is 2.35. The molecule has 0 aliphatic heterocycles. The van der Waals surface area contributed by atoms with E-state index in [0.29, 0.717) is 11.9 Å². The Labute approximate surface area is 144 Å². The molecule has 4 nitrogen and oxygen atoms in total. The number of pyridine rings is 1. The number of hydrogen-bond acceptors (Lipinski definition) is 3. The van der Waals surface area contributed by atoms with Gasteiger partial charge >= 0.3 is 6.18 Å². The van der Waals surface area contributed by atoms with Gasteiger partial charge in [0.05, 0.1) is 5.52 Å². The van der Waals surface area contributed by atoms with Crippen molar-refractivity contribution in [3.8, 4) is 5.75 Å². The van der Waals surface area contributed by atoms with Crippen molar-refractivity contribution in [3.63, 3.8) is 0 Å². The number of nitrogens with zero attached hydrogens (tertiary/aromatic N) is 1. The lowest BCUT2D eigenvalue weighted by atomic mass is 10.2. The van der Waals surface area contributed by atoms with E-state index in [2.05, 4.69) is 10.3 Å². The van der Waals surface area contributed by atoms with Gasteiger partial charge < -0.3 is 10.1 Å². The summed E-state index contributed by atoms with van der Waals surface area (Å²) >= 11 is 2.04. The fourth-order valence-electron chi connectivity index (χ4n) is 1.89. The highest BCUT2D eigenvalue weighted by molar-refractivity contribution is 14.1. The maximum Gasteiger partial charge on any atom is 0.433 e. The van der Waals surface area contributed by atoms with Crippen molar-refractivity contribution in [2.45, 2.75) is 19.5 Å². The second kappa shape index (κ2) is 7.33. The summed E-state index contributed by atoms with van der Waals surface area (Å²) < 4.78 is 45.0. The van der Waals surface area contributed by atoms with E-state index in [4.69, 9.17) is 4.74 Å². The number of hydrogen-bond donors (Lipinski definition) is 1. The maximum absolute atomic E-state index is 12.9. The molecule has 0 aliphatic rings. The molecular weight excluding hydrogens is 424 g/mol. The molecule has 0 atom stereocenters. The minimum atomic E-state index is -4.58. The van der Waals surface area contributed by atoms with Crippen molar-refractivity contribution >= 4 is 39.4 Å². The van der Waals surface area contributed by atoms with Gasteiger partial charge in [-0.3, -0.25) is 4.79 Å². The number of carbonyl (C=O) groups excluding carboxylic acids is 1. The number of carbonyl (C=O) groups is 1. The Kier molecular flexibility index (Phi) is 5.66. The highest BCUT2D eigenvalue weighted by Crippen LogP contribution is 2.34. The van der Waals surface area contributed by atoms with Gasteiger partial charge in [-0.05, 0) is 47.2 Å². The molecule has 0 saturated carbocycles. The van der Waals surface area contributed by atoms with Crippen molar-refractivity contribution in [1.82, 2.24) is 10.3 Å². The predicted molar refractivity (Wildman–Crippen MR) is 88.3 cm³/mol. The molecule has 1 heterocycles. The molecule has 0 bridgehead atoms. The maximum atomic E-state index is 12.9. The Morgan fingerprint density at radius 2 is 2.09 bits per heavy atom. The summed E-state index contributed by atoms with van der Waals surface area (Å²) in [5.41, 5.74) is -0.876. The number of aromatic nitrogens is 1. The Bertz CT molecular complexity index is 720. The molecule has 2 rings (SSSR count). The van der Waals surface area contributed by atoms with Crippen molar-refractivity contribution < 1.29 is 22.7 Å². The van der Waals surface area contributed by atoms with E-state index in [0.717, 1.165) is 16.1 Å². The zero-order valence-electron chi connectivity index (χ0n) is 12.2. The van der Waals surface area contributed by atoms with E-state index in [1.165, 1.54) is 6.07 Å². The molecule has 0 fully saturated rings. The third kappa shape index (κ3) is 4.69. The SMILES string of the molecule is CCCNC(=O)COc1cc(C(F)(F)F)nc2ccc(I)cc12. The average Bonchev–Trinajstić information content (AvgIpc) is 2.49. The van der Waals surface area contributed by atoms with Gasteiger partial charge in [-0.15, -0.1) is 0 Å². The molecule has 8 heteroatoms. The smallest absolute Gasteiger partial charge is 0.433 e. The summed E-state index contributed by atoms with van der Waals surface area (Å²) in [5.74, 6) is -0.386. The average molecular weight is 438 g/mol. The number of amides is 1. The van der Waals surface area contributed by atoms with Gasteiger partial charge in [-0.25, -0.2) is 4.98 Å². The number of fused-ring (bicyclic) bond motifs is 1. The topological polar surface area (TPSA) is 51.2 Å². The van der Waals surface area contributed by atoms with Crippen LogP contribution in [0.2, 0.25) is 0 Å². The van der Waals surface area contributed by atoms with E-state index in [1.54, 1.807) is 12.1 Å². The van der Waals surface area contributed by atoms with Crippen LogP contribution in [-0.2, 0) is 11.0 Å². The molecule has 1 amide bonds. The van der Waals surface area contributed by atoms with Crippen LogP contribution < -0.4 is 10.1 Å². The van der Waals surface area contributed by atoms with Crippen LogP contribution in [0.15, 0.2) is 24.3 Å². The van der Waals surface area contributed by atoms with Gasteiger partial charge in [0.25, 0.3) is 5.91 Å². The van der Waals surface area contributed by atoms with Crippen molar-refractivity contribution in [1.29, 1.82) is 0 Å². The lowest BCUT2D eigenvalue weighted by Crippen LogP contribution is -2.29. The quantitative estimate of drug-likeness (QED) is 0.724. The normalized spacial score (nSPS) is 11.5. The Morgan fingerprint density at radius 1 is 1.35 bits per heavy atom. The Morgan fingerprint density at radius 3 is 2.74 bits per heavy atom. The standard InChI is InChI=1S/C15H14F3IN2O2/c1-2-5-20-14(22)8-23-12-7-13(15(16,17)18)21-11-4-3-9(19)6-10(11)12/h3-4,6-7H,2,5,8H2,1H3,(H,20,22). The number of nitrogens with one attached hydrogen (secondary N) is 1. The van der Waals surface area contributed by atoms with Crippen molar-refractivity contribution in [2.24, 2.45) is 0 Å². The minimum absolute atomic E-state index is 0.00695. The zero-order chi connectivity index (χ0) is 17.0. The molecule has 2 aromatic rings. The molecule has 0 radical (unpaired) electrons. The number of ether oxygens (including phenoxy) is 1. The zero-order valence-corrected chi connectivity index (χ0v) is 14.4. The van der Waals surface area contributed by atoms with Crippen LogP contribution in [0.1, 0.15) is 19.0 Å². The molecule has 0 aliphatic carbocycles. The highest BCUT2D eigenvalue weighted by Gasteiger charge is 2.33. The minimum Gasteiger partial charge on any atom is -0.483 e. The first kappa shape index (κ1) is 17.8. The molecule has 1 N–H and O–H groups in total. The van der Waals surface area contributed by atoms with Crippen LogP contribution in [0.25, 0.3) is 10.9 Å². The van der Waals surface area contributed by atoms with Crippen LogP contribution in [-0.4, -0.2) is 24.0 Å². The fourth-order valence-corrected chi connectivity index (χ4v) is 2.38. The monoisotopic (exact) mass is 438 g/mol. The van der Waals surface area contributed by atoms with Crippen LogP contribution >= 0.6 is 22.6 Å². The first-order valence-electron chi connectivity index (χ1n) is 6.88. The van der Waals surface area contributed by atoms with Crippen molar-refractivity contribution in [3.05, 3.63) is 33.5 Å². The van der Waals surface area contributed by atoms with Gasteiger partial charge in [0.2, 0.25) is 0 Å². The summed E-state index contributed by atoms with van der Waals surface area (Å²) in [6.07, 6.45) is -3.82. The largest absolute Gasteiger partial charge is 0.483 e. The number of benzene rings is 1. The van der Waals surface area contributed by atoms with Crippen LogP contribution in [0.5, 0.6) is 5.75 Å².